The van der Waals surface area contributed by atoms with Crippen molar-refractivity contribution in [2.45, 2.75) is 50.7 Å². The van der Waals surface area contributed by atoms with Crippen molar-refractivity contribution in [3.8, 4) is 0 Å². The normalized spacial score (nSPS) is 18.3. The first-order valence-electron chi connectivity index (χ1n) is 13.5. The van der Waals surface area contributed by atoms with Crippen LogP contribution in [0, 0.1) is 0 Å². The summed E-state index contributed by atoms with van der Waals surface area (Å²) in [5, 5.41) is 11.1. The average molecular weight is 546 g/mol. The molecule has 39 heavy (non-hydrogen) atoms. The minimum absolute atomic E-state index is 0.341. The van der Waals surface area contributed by atoms with Gasteiger partial charge < -0.3 is 24.3 Å². The molecule has 0 unspecified atom stereocenters. The molecule has 9 nitrogen and oxygen atoms in total. The molecule has 4 aromatic rings. The molecule has 10 heteroatoms. The number of hydrogen-bond donors (Lipinski definition) is 2. The van der Waals surface area contributed by atoms with Gasteiger partial charge >= 0.3 is 0 Å². The summed E-state index contributed by atoms with van der Waals surface area (Å²) < 4.78 is 23.1. The van der Waals surface area contributed by atoms with Gasteiger partial charge in [-0.05, 0) is 48.7 Å². The number of aromatic nitrogens is 4. The Bertz CT molecular complexity index is 1370. The molecule has 7 rings (SSSR count). The SMILES string of the molecule is c1cc(Cc2cc(C3CC3)n[nH]2)nc(Cc2ccc(NCc3cc(C4OCCO4)c(C4OCCO4)s3)cc2)n1. The van der Waals surface area contributed by atoms with Crippen LogP contribution in [0.25, 0.3) is 0 Å². The van der Waals surface area contributed by atoms with E-state index in [2.05, 4.69) is 56.9 Å². The van der Waals surface area contributed by atoms with Crippen LogP contribution in [0.3, 0.4) is 0 Å². The molecular formula is C29H31N5O4S. The number of anilines is 1. The van der Waals surface area contributed by atoms with E-state index in [4.69, 9.17) is 23.9 Å². The van der Waals surface area contributed by atoms with Gasteiger partial charge in [-0.3, -0.25) is 5.10 Å². The minimum atomic E-state index is -0.350. The van der Waals surface area contributed by atoms with E-state index < -0.39 is 0 Å². The van der Waals surface area contributed by atoms with Crippen LogP contribution < -0.4 is 5.32 Å². The number of aromatic amines is 1. The van der Waals surface area contributed by atoms with Crippen molar-refractivity contribution in [3.05, 3.63) is 92.4 Å². The Balaban J connectivity index is 0.969. The van der Waals surface area contributed by atoms with Gasteiger partial charge in [0.05, 0.1) is 42.7 Å². The maximum atomic E-state index is 5.77. The number of H-pyrrole nitrogens is 1. The summed E-state index contributed by atoms with van der Waals surface area (Å²) in [6.07, 6.45) is 5.08. The summed E-state index contributed by atoms with van der Waals surface area (Å²) in [6, 6.07) is 14.8. The van der Waals surface area contributed by atoms with Gasteiger partial charge in [-0.25, -0.2) is 9.97 Å². The molecule has 3 fully saturated rings. The molecule has 0 bridgehead atoms. The standard InChI is InChI=1S/C29H31N5O4S/c1-5-20(31-17-23-16-24(28-35-9-10-36-28)27(39-23)29-37-11-12-38-29)6-2-18(1)13-26-30-8-7-21(32-26)14-22-15-25(34-33-22)19-3-4-19/h1-2,5-8,15-16,19,28-29,31H,3-4,9-14,17H2,(H,33,34). The predicted octanol–water partition coefficient (Wildman–Crippen LogP) is 5.02. The Kier molecular flexibility index (Phi) is 7.11. The Morgan fingerprint density at radius 3 is 2.44 bits per heavy atom. The molecule has 0 atom stereocenters. The molecule has 1 aliphatic carbocycles. The lowest BCUT2D eigenvalue weighted by atomic mass is 10.1. The molecule has 5 heterocycles. The van der Waals surface area contributed by atoms with Crippen LogP contribution in [-0.2, 0) is 38.3 Å². The van der Waals surface area contributed by atoms with Crippen LogP contribution in [0.1, 0.15) is 75.1 Å². The fourth-order valence-electron chi connectivity index (χ4n) is 4.97. The van der Waals surface area contributed by atoms with Gasteiger partial charge in [-0.1, -0.05) is 12.1 Å². The van der Waals surface area contributed by atoms with Crippen LogP contribution in [0.2, 0.25) is 0 Å². The number of nitrogens with zero attached hydrogens (tertiary/aromatic N) is 3. The molecule has 1 aromatic carbocycles. The Labute approximate surface area is 230 Å². The summed E-state index contributed by atoms with van der Waals surface area (Å²) in [4.78, 5) is 11.5. The maximum absolute atomic E-state index is 5.77. The average Bonchev–Trinajstić information content (AvgIpc) is 3.45. The summed E-state index contributed by atoms with van der Waals surface area (Å²) in [6.45, 7) is 3.11. The predicted molar refractivity (Wildman–Crippen MR) is 146 cm³/mol. The Hall–Kier alpha value is -3.15. The van der Waals surface area contributed by atoms with Gasteiger partial charge in [-0.15, -0.1) is 11.3 Å². The van der Waals surface area contributed by atoms with Crippen molar-refractivity contribution in [1.82, 2.24) is 20.2 Å². The fourth-order valence-corrected chi connectivity index (χ4v) is 6.09. The zero-order valence-corrected chi connectivity index (χ0v) is 22.4. The van der Waals surface area contributed by atoms with Gasteiger partial charge in [0.15, 0.2) is 12.6 Å². The molecule has 1 saturated carbocycles. The second-order valence-electron chi connectivity index (χ2n) is 10.1. The number of nitrogens with one attached hydrogen (secondary N) is 2. The minimum Gasteiger partial charge on any atom is -0.380 e. The highest BCUT2D eigenvalue weighted by atomic mass is 32.1. The fraction of sp³-hybridized carbons (Fsp3) is 0.414. The summed E-state index contributed by atoms with van der Waals surface area (Å²) in [5.74, 6) is 1.47. The van der Waals surface area contributed by atoms with Crippen molar-refractivity contribution in [3.63, 3.8) is 0 Å². The zero-order chi connectivity index (χ0) is 26.0. The van der Waals surface area contributed by atoms with E-state index in [9.17, 15) is 0 Å². The first kappa shape index (κ1) is 24.9. The molecule has 0 amide bonds. The maximum Gasteiger partial charge on any atom is 0.193 e. The van der Waals surface area contributed by atoms with Gasteiger partial charge in [0.1, 0.15) is 5.82 Å². The van der Waals surface area contributed by atoms with Crippen molar-refractivity contribution in [1.29, 1.82) is 0 Å². The Morgan fingerprint density at radius 1 is 0.897 bits per heavy atom. The second-order valence-corrected chi connectivity index (χ2v) is 11.3. The van der Waals surface area contributed by atoms with E-state index in [0.717, 1.165) is 39.8 Å². The van der Waals surface area contributed by atoms with E-state index in [1.165, 1.54) is 29.0 Å². The van der Waals surface area contributed by atoms with Crippen LogP contribution >= 0.6 is 11.3 Å². The quantitative estimate of drug-likeness (QED) is 0.286. The second kappa shape index (κ2) is 11.1. The lowest BCUT2D eigenvalue weighted by Gasteiger charge is -2.13. The highest BCUT2D eigenvalue weighted by Crippen LogP contribution is 2.40. The number of thiophene rings is 1. The van der Waals surface area contributed by atoms with Crippen LogP contribution in [0.15, 0.2) is 48.7 Å². The van der Waals surface area contributed by atoms with E-state index in [1.807, 2.05) is 12.3 Å². The zero-order valence-electron chi connectivity index (χ0n) is 21.6. The first-order valence-corrected chi connectivity index (χ1v) is 14.4. The third kappa shape index (κ3) is 5.90. The third-order valence-corrected chi connectivity index (χ3v) is 8.29. The van der Waals surface area contributed by atoms with Crippen LogP contribution in [0.5, 0.6) is 0 Å². The topological polar surface area (TPSA) is 103 Å². The van der Waals surface area contributed by atoms with Crippen molar-refractivity contribution < 1.29 is 18.9 Å². The molecule has 0 spiro atoms. The van der Waals surface area contributed by atoms with E-state index in [0.29, 0.717) is 45.3 Å². The molecule has 202 valence electrons. The molecule has 2 aliphatic heterocycles. The van der Waals surface area contributed by atoms with Crippen LogP contribution in [0.4, 0.5) is 5.69 Å². The summed E-state index contributed by atoms with van der Waals surface area (Å²) in [7, 11) is 0. The molecular weight excluding hydrogens is 514 g/mol. The molecule has 2 saturated heterocycles. The number of hydrogen-bond acceptors (Lipinski definition) is 9. The van der Waals surface area contributed by atoms with Crippen LogP contribution in [-0.4, -0.2) is 46.6 Å². The van der Waals surface area contributed by atoms with Gasteiger partial charge in [0.2, 0.25) is 0 Å². The highest BCUT2D eigenvalue weighted by molar-refractivity contribution is 7.12. The molecule has 2 N–H and O–H groups in total. The van der Waals surface area contributed by atoms with Crippen molar-refractivity contribution >= 4 is 17.0 Å². The smallest absolute Gasteiger partial charge is 0.193 e. The largest absolute Gasteiger partial charge is 0.380 e. The molecule has 0 radical (unpaired) electrons. The molecule has 3 aliphatic rings. The number of rotatable bonds is 10. The van der Waals surface area contributed by atoms with E-state index in [-0.39, 0.29) is 12.6 Å². The lowest BCUT2D eigenvalue weighted by molar-refractivity contribution is -0.0613. The number of benzene rings is 1. The Morgan fingerprint density at radius 2 is 1.67 bits per heavy atom. The van der Waals surface area contributed by atoms with Crippen molar-refractivity contribution in [2.75, 3.05) is 31.7 Å². The van der Waals surface area contributed by atoms with Crippen molar-refractivity contribution in [2.24, 2.45) is 0 Å². The monoisotopic (exact) mass is 545 g/mol. The van der Waals surface area contributed by atoms with E-state index in [1.54, 1.807) is 11.3 Å². The van der Waals surface area contributed by atoms with Gasteiger partial charge in [-0.2, -0.15) is 5.10 Å². The summed E-state index contributed by atoms with van der Waals surface area (Å²) >= 11 is 1.68. The summed E-state index contributed by atoms with van der Waals surface area (Å²) in [5.41, 5.74) is 6.52. The third-order valence-electron chi connectivity index (χ3n) is 7.12. The first-order chi connectivity index (χ1) is 19.3. The highest BCUT2D eigenvalue weighted by Gasteiger charge is 2.30. The molecule has 3 aromatic heterocycles. The number of ether oxygens (including phenoxy) is 4. The van der Waals surface area contributed by atoms with Gasteiger partial charge in [0.25, 0.3) is 0 Å². The lowest BCUT2D eigenvalue weighted by Crippen LogP contribution is -2.04. The van der Waals surface area contributed by atoms with E-state index >= 15 is 0 Å². The van der Waals surface area contributed by atoms with Gasteiger partial charge in [0, 0.05) is 53.3 Å².